The summed E-state index contributed by atoms with van der Waals surface area (Å²) >= 11 is 0. The molecular weight excluding hydrogens is 815 g/mol. The number of nitrogens with zero attached hydrogens (tertiary/aromatic N) is 4. The topological polar surface area (TPSA) is 74.2 Å². The largest absolute Gasteiger partial charge is 2.00 e. The van der Waals surface area contributed by atoms with Crippen LogP contribution in [0.3, 0.4) is 0 Å². The van der Waals surface area contributed by atoms with Crippen LogP contribution in [0.5, 0.6) is 0 Å². The van der Waals surface area contributed by atoms with Gasteiger partial charge in [-0.15, -0.1) is 17.0 Å². The molecule has 5 aromatic rings. The number of fused-ring (bicyclic) bond motifs is 5. The number of hydrogen-bond donors (Lipinski definition) is 0. The van der Waals surface area contributed by atoms with Gasteiger partial charge in [-0.3, -0.25) is 0 Å². The van der Waals surface area contributed by atoms with E-state index in [2.05, 4.69) is 189 Å². The van der Waals surface area contributed by atoms with Crippen LogP contribution in [0.1, 0.15) is 124 Å². The molecule has 0 saturated heterocycles. The summed E-state index contributed by atoms with van der Waals surface area (Å²) in [6, 6.07) is 38.9. The van der Waals surface area contributed by atoms with E-state index < -0.39 is 0 Å². The molecule has 0 unspecified atom stereocenters. The molecule has 0 N–H and O–H groups in total. The van der Waals surface area contributed by atoms with E-state index >= 15 is 0 Å². The molecule has 4 aliphatic rings. The first-order valence-electron chi connectivity index (χ1n) is 21.9. The van der Waals surface area contributed by atoms with E-state index in [1.807, 2.05) is 6.08 Å². The first kappa shape index (κ1) is 43.3. The Morgan fingerprint density at radius 3 is 1.22 bits per heavy atom. The van der Waals surface area contributed by atoms with Crippen molar-refractivity contribution >= 4 is 39.4 Å². The Balaban J connectivity index is 0.00000544. The molecule has 1 aromatic heterocycles. The van der Waals surface area contributed by atoms with Crippen molar-refractivity contribution in [2.75, 3.05) is 0 Å². The van der Waals surface area contributed by atoms with Crippen molar-refractivity contribution in [3.05, 3.63) is 224 Å². The molecule has 4 aliphatic heterocycles. The number of aliphatic imine (C=N–C) groups is 3. The fraction of sp³-hybridized carbons (Fsp3) is 0.211. The van der Waals surface area contributed by atoms with Gasteiger partial charge >= 0.3 is 16.5 Å². The Hall–Kier alpha value is -6.36. The van der Waals surface area contributed by atoms with E-state index in [0.717, 1.165) is 84.3 Å². The first-order chi connectivity index (χ1) is 30.0. The summed E-state index contributed by atoms with van der Waals surface area (Å²) in [6.07, 6.45) is 11.2. The first-order valence-corrected chi connectivity index (χ1v) is 21.9. The van der Waals surface area contributed by atoms with Gasteiger partial charge in [-0.2, -0.15) is 0 Å². The Morgan fingerprint density at radius 2 is 0.794 bits per heavy atom. The standard InChI is InChI=1S/C57H53N4O.Ni/c1-33(2)37-9-17-41(18-10-37)53-46-25-26-47(58-46)54(42-19-11-38(12-20-42)34(3)4)49-29-30-51(60-49)56(44-23-15-40(16-24-44)36(7)8)57-45(32-62)31-52(61-57)55(50-28-27-48(53)59-50)43-21-13-39(14-22-43)35(5)6;/h9-36H,1-8H3,(H-,58,59,60,61,62);/q-1;+2/p-1. The second kappa shape index (κ2) is 17.8. The minimum Gasteiger partial charge on any atom is -0.877 e. The second-order valence-corrected chi connectivity index (χ2v) is 17.8. The van der Waals surface area contributed by atoms with Crippen LogP contribution in [-0.2, 0) is 16.5 Å². The summed E-state index contributed by atoms with van der Waals surface area (Å²) in [5, 5.41) is 14.8. The van der Waals surface area contributed by atoms with E-state index in [-0.39, 0.29) is 16.5 Å². The summed E-state index contributed by atoms with van der Waals surface area (Å²) in [6.45, 7) is 17.6. The number of allylic oxidation sites excluding steroid dienone is 8. The molecule has 63 heavy (non-hydrogen) atoms. The number of rotatable bonds is 8. The van der Waals surface area contributed by atoms with Crippen molar-refractivity contribution in [3.8, 4) is 0 Å². The van der Waals surface area contributed by atoms with Crippen LogP contribution in [0.15, 0.2) is 183 Å². The van der Waals surface area contributed by atoms with Crippen molar-refractivity contribution in [2.24, 2.45) is 15.0 Å². The molecule has 316 valence electrons. The molecule has 4 aromatic carbocycles. The van der Waals surface area contributed by atoms with Gasteiger partial charge in [0.25, 0.3) is 0 Å². The Bertz CT molecular complexity index is 3010. The van der Waals surface area contributed by atoms with Crippen molar-refractivity contribution in [2.45, 2.75) is 79.1 Å². The van der Waals surface area contributed by atoms with Gasteiger partial charge in [0.15, 0.2) is 0 Å². The SMILES string of the molecule is CC(C)c1ccc(C2=C3C=CC(=N3)C(c3ccc(C(C)C)cc3)=C3C=CC(=N3)C(c3ccc(C(C)C)cc3)=c3ccc([n-]3)=C(c3ccc(C(C)C)cc3)C3=NC2=CC3=C[O-])cc1.[Ni+2]. The van der Waals surface area contributed by atoms with Crippen LogP contribution >= 0.6 is 0 Å². The summed E-state index contributed by atoms with van der Waals surface area (Å²) in [4.78, 5) is 21.8. The fourth-order valence-corrected chi connectivity index (χ4v) is 8.60. The fourth-order valence-electron chi connectivity index (χ4n) is 8.60. The molecule has 0 amide bonds. The van der Waals surface area contributed by atoms with Crippen molar-refractivity contribution in [1.82, 2.24) is 4.98 Å². The summed E-state index contributed by atoms with van der Waals surface area (Å²) in [7, 11) is 0. The van der Waals surface area contributed by atoms with Gasteiger partial charge in [0.2, 0.25) is 0 Å². The molecule has 8 bridgehead atoms. The van der Waals surface area contributed by atoms with Crippen LogP contribution in [0.25, 0.3) is 22.3 Å². The third-order valence-electron chi connectivity index (χ3n) is 12.3. The summed E-state index contributed by atoms with van der Waals surface area (Å²) < 4.78 is 0. The van der Waals surface area contributed by atoms with Gasteiger partial charge in [-0.05, 0) is 115 Å². The van der Waals surface area contributed by atoms with Crippen LogP contribution in [0.2, 0.25) is 0 Å². The van der Waals surface area contributed by atoms with Crippen LogP contribution in [-0.4, -0.2) is 17.1 Å². The molecule has 0 aliphatic carbocycles. The zero-order valence-corrected chi connectivity index (χ0v) is 38.2. The Morgan fingerprint density at radius 1 is 0.429 bits per heavy atom. The maximum absolute atomic E-state index is 13.3. The zero-order chi connectivity index (χ0) is 43.2. The van der Waals surface area contributed by atoms with E-state index in [4.69, 9.17) is 20.0 Å². The molecule has 6 heteroatoms. The molecule has 9 rings (SSSR count). The molecule has 5 nitrogen and oxygen atoms in total. The molecule has 0 atom stereocenters. The molecular formula is C57H52N4NiO. The van der Waals surface area contributed by atoms with Gasteiger partial charge in [-0.25, -0.2) is 15.0 Å². The molecule has 0 saturated carbocycles. The third-order valence-corrected chi connectivity index (χ3v) is 12.3. The number of benzene rings is 4. The van der Waals surface area contributed by atoms with Gasteiger partial charge in [0, 0.05) is 11.1 Å². The Labute approximate surface area is 381 Å². The minimum absolute atomic E-state index is 0. The Kier molecular flexibility index (Phi) is 12.2. The maximum atomic E-state index is 13.3. The third kappa shape index (κ3) is 8.33. The van der Waals surface area contributed by atoms with Gasteiger partial charge in [0.1, 0.15) is 0 Å². The van der Waals surface area contributed by atoms with E-state index in [9.17, 15) is 5.11 Å². The molecule has 0 spiro atoms. The van der Waals surface area contributed by atoms with Crippen molar-refractivity contribution < 1.29 is 21.6 Å². The quantitative estimate of drug-likeness (QED) is 0.115. The van der Waals surface area contributed by atoms with E-state index in [1.54, 1.807) is 0 Å². The van der Waals surface area contributed by atoms with Gasteiger partial charge < -0.3 is 10.1 Å². The van der Waals surface area contributed by atoms with E-state index in [0.29, 0.717) is 40.7 Å². The molecule has 5 heterocycles. The van der Waals surface area contributed by atoms with Crippen molar-refractivity contribution in [1.29, 1.82) is 0 Å². The maximum Gasteiger partial charge on any atom is 2.00 e. The van der Waals surface area contributed by atoms with Crippen LogP contribution in [0.4, 0.5) is 0 Å². The number of aromatic nitrogens is 1. The monoisotopic (exact) mass is 866 g/mol. The molecule has 0 radical (unpaired) electrons. The number of hydrogen-bond acceptors (Lipinski definition) is 4. The van der Waals surface area contributed by atoms with Gasteiger partial charge in [0.05, 0.1) is 34.2 Å². The average Bonchev–Trinajstić information content (AvgIpc) is 4.12. The smallest absolute Gasteiger partial charge is 0.877 e. The molecule has 0 fully saturated rings. The average molecular weight is 868 g/mol. The van der Waals surface area contributed by atoms with Crippen molar-refractivity contribution in [3.63, 3.8) is 0 Å². The second-order valence-electron chi connectivity index (χ2n) is 17.8. The van der Waals surface area contributed by atoms with Gasteiger partial charge in [-0.1, -0.05) is 165 Å². The van der Waals surface area contributed by atoms with Crippen LogP contribution < -0.4 is 20.8 Å². The summed E-state index contributed by atoms with van der Waals surface area (Å²) in [5.41, 5.74) is 17.5. The van der Waals surface area contributed by atoms with Crippen LogP contribution in [0, 0.1) is 0 Å². The van der Waals surface area contributed by atoms with E-state index in [1.165, 1.54) is 22.3 Å². The predicted octanol–water partition coefficient (Wildman–Crippen LogP) is 11.0. The minimum atomic E-state index is 0. The normalized spacial score (nSPS) is 16.5. The predicted molar refractivity (Wildman–Crippen MR) is 257 cm³/mol. The zero-order valence-electron chi connectivity index (χ0n) is 37.2. The summed E-state index contributed by atoms with van der Waals surface area (Å²) in [5.74, 6) is 1.53.